The topological polar surface area (TPSA) is 72.2 Å². The van der Waals surface area contributed by atoms with E-state index >= 15 is 0 Å². The summed E-state index contributed by atoms with van der Waals surface area (Å²) in [7, 11) is -3.51. The van der Waals surface area contributed by atoms with Gasteiger partial charge in [0.1, 0.15) is 5.82 Å². The van der Waals surface area contributed by atoms with Crippen LogP contribution in [-0.2, 0) is 10.0 Å². The van der Waals surface area contributed by atoms with Crippen molar-refractivity contribution >= 4 is 10.0 Å². The first-order valence-corrected chi connectivity index (χ1v) is 7.05. The van der Waals surface area contributed by atoms with Crippen molar-refractivity contribution in [2.24, 2.45) is 5.14 Å². The summed E-state index contributed by atoms with van der Waals surface area (Å²) in [5.74, 6) is -0.229. The number of primary sulfonamides is 1. The molecular formula is C11H15FN2O2S. The van der Waals surface area contributed by atoms with E-state index in [4.69, 9.17) is 5.14 Å². The summed E-state index contributed by atoms with van der Waals surface area (Å²) in [6.45, 7) is 1.08. The van der Waals surface area contributed by atoms with Gasteiger partial charge in [0.25, 0.3) is 0 Å². The Balaban J connectivity index is 2.15. The molecule has 1 aromatic carbocycles. The van der Waals surface area contributed by atoms with Gasteiger partial charge in [-0.1, -0.05) is 12.1 Å². The van der Waals surface area contributed by atoms with Crippen LogP contribution in [0.3, 0.4) is 0 Å². The highest BCUT2D eigenvalue weighted by Gasteiger charge is 2.29. The Morgan fingerprint density at radius 2 is 1.88 bits per heavy atom. The first kappa shape index (κ1) is 12.5. The van der Waals surface area contributed by atoms with Gasteiger partial charge in [0.15, 0.2) is 0 Å². The van der Waals surface area contributed by atoms with Gasteiger partial charge in [-0.2, -0.15) is 0 Å². The molecule has 1 aliphatic heterocycles. The van der Waals surface area contributed by atoms with Crippen molar-refractivity contribution in [3.8, 4) is 0 Å². The van der Waals surface area contributed by atoms with Crippen LogP contribution >= 0.6 is 0 Å². The zero-order valence-corrected chi connectivity index (χ0v) is 10.1. The van der Waals surface area contributed by atoms with Gasteiger partial charge >= 0.3 is 0 Å². The SMILES string of the molecule is NS(=O)(=O)[C@H]1CNC[C@@H](c2ccc(F)cc2)C1. The van der Waals surface area contributed by atoms with Crippen molar-refractivity contribution in [3.63, 3.8) is 0 Å². The molecule has 1 aliphatic rings. The minimum Gasteiger partial charge on any atom is -0.315 e. The van der Waals surface area contributed by atoms with Crippen LogP contribution in [-0.4, -0.2) is 26.8 Å². The lowest BCUT2D eigenvalue weighted by Crippen LogP contribution is -2.45. The number of hydrogen-bond acceptors (Lipinski definition) is 3. The van der Waals surface area contributed by atoms with Gasteiger partial charge in [0, 0.05) is 13.1 Å². The summed E-state index contributed by atoms with van der Waals surface area (Å²) >= 11 is 0. The Morgan fingerprint density at radius 3 is 2.47 bits per heavy atom. The third kappa shape index (κ3) is 3.02. The molecule has 1 aromatic rings. The van der Waals surface area contributed by atoms with Crippen molar-refractivity contribution in [3.05, 3.63) is 35.6 Å². The van der Waals surface area contributed by atoms with E-state index in [0.29, 0.717) is 19.5 Å². The molecule has 0 bridgehead atoms. The molecule has 3 N–H and O–H groups in total. The number of nitrogens with two attached hydrogens (primary N) is 1. The smallest absolute Gasteiger partial charge is 0.213 e. The Kier molecular flexibility index (Phi) is 3.46. The second kappa shape index (κ2) is 4.72. The van der Waals surface area contributed by atoms with Crippen LogP contribution in [0.15, 0.2) is 24.3 Å². The van der Waals surface area contributed by atoms with E-state index in [1.165, 1.54) is 12.1 Å². The number of hydrogen-bond donors (Lipinski definition) is 2. The molecule has 0 unspecified atom stereocenters. The van der Waals surface area contributed by atoms with Crippen molar-refractivity contribution in [2.75, 3.05) is 13.1 Å². The molecular weight excluding hydrogens is 243 g/mol. The fourth-order valence-electron chi connectivity index (χ4n) is 2.14. The molecule has 2 atom stereocenters. The lowest BCUT2D eigenvalue weighted by atomic mass is 9.91. The average molecular weight is 258 g/mol. The molecule has 0 spiro atoms. The quantitative estimate of drug-likeness (QED) is 0.814. The first-order valence-electron chi connectivity index (χ1n) is 5.44. The molecule has 1 heterocycles. The van der Waals surface area contributed by atoms with Crippen LogP contribution < -0.4 is 10.5 Å². The standard InChI is InChI=1S/C11H15FN2O2S/c12-10-3-1-8(2-4-10)9-5-11(7-14-6-9)17(13,15)16/h1-4,9,11,14H,5-7H2,(H2,13,15,16)/t9-,11+/m0/s1. The maximum absolute atomic E-state index is 12.8. The zero-order chi connectivity index (χ0) is 12.5. The lowest BCUT2D eigenvalue weighted by Gasteiger charge is -2.28. The summed E-state index contributed by atoms with van der Waals surface area (Å²) in [5.41, 5.74) is 0.937. The number of nitrogens with one attached hydrogen (secondary N) is 1. The predicted octanol–water partition coefficient (Wildman–Crippen LogP) is 0.560. The molecule has 1 fully saturated rings. The van der Waals surface area contributed by atoms with Crippen molar-refractivity contribution < 1.29 is 12.8 Å². The second-order valence-electron chi connectivity index (χ2n) is 4.35. The number of piperidine rings is 1. The minimum atomic E-state index is -3.51. The monoisotopic (exact) mass is 258 g/mol. The fraction of sp³-hybridized carbons (Fsp3) is 0.455. The van der Waals surface area contributed by atoms with Gasteiger partial charge in [-0.25, -0.2) is 17.9 Å². The number of halogens is 1. The Morgan fingerprint density at radius 1 is 1.24 bits per heavy atom. The van der Waals surface area contributed by atoms with Crippen LogP contribution in [0, 0.1) is 5.82 Å². The van der Waals surface area contributed by atoms with E-state index in [-0.39, 0.29) is 11.7 Å². The summed E-state index contributed by atoms with van der Waals surface area (Å²) in [4.78, 5) is 0. The maximum Gasteiger partial charge on any atom is 0.213 e. The van der Waals surface area contributed by atoms with Crippen LogP contribution in [0.25, 0.3) is 0 Å². The van der Waals surface area contributed by atoms with Crippen LogP contribution in [0.2, 0.25) is 0 Å². The maximum atomic E-state index is 12.8. The van der Waals surface area contributed by atoms with Crippen LogP contribution in [0.1, 0.15) is 17.9 Å². The van der Waals surface area contributed by atoms with E-state index in [0.717, 1.165) is 5.56 Å². The van der Waals surface area contributed by atoms with Gasteiger partial charge in [0.2, 0.25) is 10.0 Å². The normalized spacial score (nSPS) is 25.8. The molecule has 0 radical (unpaired) electrons. The predicted molar refractivity (Wildman–Crippen MR) is 63.5 cm³/mol. The highest BCUT2D eigenvalue weighted by molar-refractivity contribution is 7.89. The number of benzene rings is 1. The van der Waals surface area contributed by atoms with E-state index in [2.05, 4.69) is 5.32 Å². The summed E-state index contributed by atoms with van der Waals surface area (Å²) in [5, 5.41) is 7.63. The molecule has 0 aliphatic carbocycles. The van der Waals surface area contributed by atoms with Crippen molar-refractivity contribution in [2.45, 2.75) is 17.6 Å². The van der Waals surface area contributed by atoms with Crippen molar-refractivity contribution in [1.29, 1.82) is 0 Å². The largest absolute Gasteiger partial charge is 0.315 e. The molecule has 94 valence electrons. The van der Waals surface area contributed by atoms with Gasteiger partial charge in [0.05, 0.1) is 5.25 Å². The zero-order valence-electron chi connectivity index (χ0n) is 9.27. The number of rotatable bonds is 2. The lowest BCUT2D eigenvalue weighted by molar-refractivity contribution is 0.451. The molecule has 6 heteroatoms. The van der Waals surface area contributed by atoms with Crippen molar-refractivity contribution in [1.82, 2.24) is 5.32 Å². The Bertz CT molecular complexity index is 487. The minimum absolute atomic E-state index is 0.0627. The number of sulfonamides is 1. The van der Waals surface area contributed by atoms with Gasteiger partial charge in [-0.3, -0.25) is 0 Å². The molecule has 0 aromatic heterocycles. The molecule has 0 saturated carbocycles. The molecule has 2 rings (SSSR count). The first-order chi connectivity index (χ1) is 7.97. The van der Waals surface area contributed by atoms with Crippen LogP contribution in [0.5, 0.6) is 0 Å². The Labute approximate surface area is 100 Å². The highest BCUT2D eigenvalue weighted by atomic mass is 32.2. The van der Waals surface area contributed by atoms with E-state index in [1.54, 1.807) is 12.1 Å². The Hall–Kier alpha value is -0.980. The van der Waals surface area contributed by atoms with E-state index < -0.39 is 15.3 Å². The molecule has 0 amide bonds. The van der Waals surface area contributed by atoms with E-state index in [9.17, 15) is 12.8 Å². The van der Waals surface area contributed by atoms with Crippen LogP contribution in [0.4, 0.5) is 4.39 Å². The van der Waals surface area contributed by atoms with Gasteiger partial charge in [-0.15, -0.1) is 0 Å². The second-order valence-corrected chi connectivity index (χ2v) is 6.20. The molecule has 17 heavy (non-hydrogen) atoms. The van der Waals surface area contributed by atoms with Gasteiger partial charge < -0.3 is 5.32 Å². The summed E-state index contributed by atoms with van der Waals surface area (Å²) in [6, 6.07) is 6.15. The average Bonchev–Trinajstić information content (AvgIpc) is 2.29. The third-order valence-electron chi connectivity index (χ3n) is 3.12. The summed E-state index contributed by atoms with van der Waals surface area (Å²) < 4.78 is 35.4. The fourth-order valence-corrected chi connectivity index (χ4v) is 2.99. The highest BCUT2D eigenvalue weighted by Crippen LogP contribution is 2.25. The molecule has 4 nitrogen and oxygen atoms in total. The van der Waals surface area contributed by atoms with E-state index in [1.807, 2.05) is 0 Å². The summed E-state index contributed by atoms with van der Waals surface area (Å²) in [6.07, 6.45) is 0.484. The molecule has 1 saturated heterocycles. The third-order valence-corrected chi connectivity index (χ3v) is 4.40. The van der Waals surface area contributed by atoms with Gasteiger partial charge in [-0.05, 0) is 30.0 Å².